The van der Waals surface area contributed by atoms with Gasteiger partial charge in [0.05, 0.1) is 6.61 Å². The molecule has 0 fully saturated rings. The van der Waals surface area contributed by atoms with Crippen LogP contribution in [0.2, 0.25) is 0 Å². The van der Waals surface area contributed by atoms with Crippen LogP contribution in [0.4, 0.5) is 5.69 Å². The standard InChI is InChI=1S/C29H25N3O3S/c1-2-3-16-34-23-12-7-9-20(18-23)27(33)32-29(36)30-22-11-6-10-21(17-22)28-31-26-24-13-5-4-8-19(24)14-15-25(26)35-28/h4-15,17-18H,2-3,16H2,1H3,(H2,30,32,33,36). The first-order chi connectivity index (χ1) is 17.6. The van der Waals surface area contributed by atoms with Gasteiger partial charge in [0.15, 0.2) is 10.7 Å². The molecule has 5 aromatic rings. The summed E-state index contributed by atoms with van der Waals surface area (Å²) in [5.74, 6) is 0.865. The minimum Gasteiger partial charge on any atom is -0.494 e. The van der Waals surface area contributed by atoms with Crippen LogP contribution in [0, 0.1) is 0 Å². The van der Waals surface area contributed by atoms with E-state index in [0.29, 0.717) is 29.5 Å². The Labute approximate surface area is 214 Å². The lowest BCUT2D eigenvalue weighted by Gasteiger charge is -2.11. The summed E-state index contributed by atoms with van der Waals surface area (Å²) in [6.45, 7) is 2.72. The highest BCUT2D eigenvalue weighted by atomic mass is 32.1. The molecule has 0 saturated carbocycles. The Morgan fingerprint density at radius 3 is 2.75 bits per heavy atom. The van der Waals surface area contributed by atoms with Crippen LogP contribution in [0.5, 0.6) is 5.75 Å². The monoisotopic (exact) mass is 495 g/mol. The van der Waals surface area contributed by atoms with Crippen LogP contribution in [-0.4, -0.2) is 22.6 Å². The fourth-order valence-electron chi connectivity index (χ4n) is 3.91. The molecule has 0 atom stereocenters. The number of unbranched alkanes of at least 4 members (excludes halogenated alkanes) is 1. The molecule has 0 aliphatic carbocycles. The highest BCUT2D eigenvalue weighted by Gasteiger charge is 2.13. The van der Waals surface area contributed by atoms with Gasteiger partial charge in [-0.05, 0) is 66.5 Å². The molecule has 0 saturated heterocycles. The number of hydrogen-bond acceptors (Lipinski definition) is 5. The molecule has 0 unspecified atom stereocenters. The number of carbonyl (C=O) groups excluding carboxylic acids is 1. The number of anilines is 1. The average molecular weight is 496 g/mol. The van der Waals surface area contributed by atoms with E-state index < -0.39 is 0 Å². The second-order valence-electron chi connectivity index (χ2n) is 8.37. The van der Waals surface area contributed by atoms with Crippen molar-refractivity contribution < 1.29 is 13.9 Å². The number of hydrogen-bond donors (Lipinski definition) is 2. The van der Waals surface area contributed by atoms with Gasteiger partial charge < -0.3 is 14.5 Å². The van der Waals surface area contributed by atoms with Crippen molar-refractivity contribution in [1.29, 1.82) is 0 Å². The zero-order valence-corrected chi connectivity index (χ0v) is 20.6. The number of ether oxygens (including phenoxy) is 1. The Hall–Kier alpha value is -4.23. The fraction of sp³-hybridized carbons (Fsp3) is 0.138. The van der Waals surface area contributed by atoms with E-state index in [0.717, 1.165) is 40.3 Å². The van der Waals surface area contributed by atoms with Crippen LogP contribution >= 0.6 is 12.2 Å². The summed E-state index contributed by atoms with van der Waals surface area (Å²) in [6.07, 6.45) is 2.01. The topological polar surface area (TPSA) is 76.4 Å². The zero-order valence-electron chi connectivity index (χ0n) is 19.8. The first-order valence-electron chi connectivity index (χ1n) is 11.8. The molecule has 1 amide bonds. The second kappa shape index (κ2) is 10.6. The normalized spacial score (nSPS) is 10.9. The molecular weight excluding hydrogens is 470 g/mol. The van der Waals surface area contributed by atoms with Crippen LogP contribution in [-0.2, 0) is 0 Å². The fourth-order valence-corrected chi connectivity index (χ4v) is 4.12. The summed E-state index contributed by atoms with van der Waals surface area (Å²) in [4.78, 5) is 17.4. The highest BCUT2D eigenvalue weighted by Crippen LogP contribution is 2.30. The van der Waals surface area contributed by atoms with Gasteiger partial charge in [0.2, 0.25) is 5.89 Å². The predicted molar refractivity (Wildman–Crippen MR) is 147 cm³/mol. The molecule has 0 bridgehead atoms. The predicted octanol–water partition coefficient (Wildman–Crippen LogP) is 6.95. The van der Waals surface area contributed by atoms with Gasteiger partial charge in [-0.2, -0.15) is 0 Å². The SMILES string of the molecule is CCCCOc1cccc(C(=O)NC(=S)Nc2cccc(-c3nc4c(ccc5ccccc54)o3)c2)c1. The van der Waals surface area contributed by atoms with Crippen molar-refractivity contribution in [3.05, 3.63) is 90.5 Å². The Balaban J connectivity index is 1.28. The molecule has 0 aliphatic rings. The number of aromatic nitrogens is 1. The number of amides is 1. The summed E-state index contributed by atoms with van der Waals surface area (Å²) < 4.78 is 11.7. The molecule has 7 heteroatoms. The van der Waals surface area contributed by atoms with Gasteiger partial charge in [0, 0.05) is 22.2 Å². The summed E-state index contributed by atoms with van der Waals surface area (Å²) in [6, 6.07) is 26.7. The lowest BCUT2D eigenvalue weighted by Crippen LogP contribution is -2.34. The third-order valence-corrected chi connectivity index (χ3v) is 5.94. The minimum absolute atomic E-state index is 0.193. The van der Waals surface area contributed by atoms with Crippen LogP contribution in [0.25, 0.3) is 33.3 Å². The van der Waals surface area contributed by atoms with Gasteiger partial charge in [-0.25, -0.2) is 4.98 Å². The largest absolute Gasteiger partial charge is 0.494 e. The lowest BCUT2D eigenvalue weighted by atomic mass is 10.1. The number of nitrogens with zero attached hydrogens (tertiary/aromatic N) is 1. The average Bonchev–Trinajstić information content (AvgIpc) is 3.34. The van der Waals surface area contributed by atoms with Gasteiger partial charge in [0.1, 0.15) is 11.3 Å². The summed E-state index contributed by atoms with van der Waals surface area (Å²) in [5.41, 5.74) is 3.53. The Kier molecular flexibility index (Phi) is 6.91. The maximum Gasteiger partial charge on any atom is 0.257 e. The van der Waals surface area contributed by atoms with E-state index in [-0.39, 0.29) is 11.0 Å². The van der Waals surface area contributed by atoms with Crippen molar-refractivity contribution in [1.82, 2.24) is 10.3 Å². The summed E-state index contributed by atoms with van der Waals surface area (Å²) >= 11 is 5.38. The lowest BCUT2D eigenvalue weighted by molar-refractivity contribution is 0.0977. The number of nitrogens with one attached hydrogen (secondary N) is 2. The maximum absolute atomic E-state index is 12.7. The molecule has 1 heterocycles. The molecule has 1 aromatic heterocycles. The van der Waals surface area contributed by atoms with Crippen molar-refractivity contribution in [2.75, 3.05) is 11.9 Å². The first-order valence-corrected chi connectivity index (χ1v) is 12.3. The number of thiocarbonyl (C=S) groups is 1. The van der Waals surface area contributed by atoms with Crippen molar-refractivity contribution in [3.63, 3.8) is 0 Å². The maximum atomic E-state index is 12.7. The highest BCUT2D eigenvalue weighted by molar-refractivity contribution is 7.80. The van der Waals surface area contributed by atoms with Crippen molar-refractivity contribution >= 4 is 50.8 Å². The van der Waals surface area contributed by atoms with Crippen LogP contribution in [0.15, 0.2) is 89.3 Å². The molecule has 180 valence electrons. The number of oxazole rings is 1. The third-order valence-electron chi connectivity index (χ3n) is 5.74. The number of fused-ring (bicyclic) bond motifs is 3. The van der Waals surface area contributed by atoms with Crippen LogP contribution in [0.3, 0.4) is 0 Å². The molecule has 6 nitrogen and oxygen atoms in total. The van der Waals surface area contributed by atoms with Gasteiger partial charge in [-0.3, -0.25) is 10.1 Å². The second-order valence-corrected chi connectivity index (χ2v) is 8.78. The van der Waals surface area contributed by atoms with E-state index in [9.17, 15) is 4.79 Å². The smallest absolute Gasteiger partial charge is 0.257 e. The van der Waals surface area contributed by atoms with E-state index in [2.05, 4.69) is 23.6 Å². The number of carbonyl (C=O) groups is 1. The minimum atomic E-state index is -0.310. The Morgan fingerprint density at radius 2 is 1.86 bits per heavy atom. The summed E-state index contributed by atoms with van der Waals surface area (Å²) in [7, 11) is 0. The van der Waals surface area contributed by atoms with E-state index in [1.807, 2.05) is 60.7 Å². The molecular formula is C29H25N3O3S. The number of rotatable bonds is 7. The first kappa shape index (κ1) is 23.5. The van der Waals surface area contributed by atoms with Crippen molar-refractivity contribution in [2.24, 2.45) is 0 Å². The molecule has 36 heavy (non-hydrogen) atoms. The number of benzene rings is 4. The van der Waals surface area contributed by atoms with E-state index >= 15 is 0 Å². The van der Waals surface area contributed by atoms with E-state index in [1.54, 1.807) is 18.2 Å². The molecule has 0 aliphatic heterocycles. The Morgan fingerprint density at radius 1 is 1.00 bits per heavy atom. The molecule has 5 rings (SSSR count). The van der Waals surface area contributed by atoms with Gasteiger partial charge in [-0.1, -0.05) is 55.8 Å². The van der Waals surface area contributed by atoms with E-state index in [4.69, 9.17) is 26.4 Å². The van der Waals surface area contributed by atoms with Gasteiger partial charge in [0.25, 0.3) is 5.91 Å². The molecule has 0 radical (unpaired) electrons. The van der Waals surface area contributed by atoms with Crippen LogP contribution < -0.4 is 15.4 Å². The van der Waals surface area contributed by atoms with Crippen molar-refractivity contribution in [3.8, 4) is 17.2 Å². The Bertz CT molecular complexity index is 1560. The van der Waals surface area contributed by atoms with Gasteiger partial charge >= 0.3 is 0 Å². The zero-order chi connectivity index (χ0) is 24.9. The van der Waals surface area contributed by atoms with E-state index in [1.165, 1.54) is 0 Å². The van der Waals surface area contributed by atoms with Crippen LogP contribution in [0.1, 0.15) is 30.1 Å². The molecule has 0 spiro atoms. The summed E-state index contributed by atoms with van der Waals surface area (Å²) in [5, 5.41) is 8.15. The quantitative estimate of drug-likeness (QED) is 0.188. The van der Waals surface area contributed by atoms with Gasteiger partial charge in [-0.15, -0.1) is 0 Å². The van der Waals surface area contributed by atoms with Crippen molar-refractivity contribution in [2.45, 2.75) is 19.8 Å². The third kappa shape index (κ3) is 5.21. The molecule has 4 aromatic carbocycles. The molecule has 2 N–H and O–H groups in total.